The standard InChI is InChI=1S/C53H32O2/c1-5-13-45-37(9-1)38-10-2-6-14-46(38)53(45)47-31-35(19-17-33-23-27-51-43(29-33)41-11-3-7-15-49(41)54-51)21-25-39(47)40-26-22-36(32-48(40)53)20-18-34-24-28-52-44(30-34)42-12-4-8-16-50(42)55-52/h1-32H/b19-17+,20-18+. The van der Waals surface area contributed by atoms with Crippen molar-refractivity contribution in [1.82, 2.24) is 0 Å². The molecule has 2 heteroatoms. The second-order valence-corrected chi connectivity index (χ2v) is 14.8. The zero-order valence-electron chi connectivity index (χ0n) is 29.8. The van der Waals surface area contributed by atoms with E-state index in [-0.39, 0.29) is 0 Å². The van der Waals surface area contributed by atoms with Gasteiger partial charge >= 0.3 is 0 Å². The van der Waals surface area contributed by atoms with Crippen molar-refractivity contribution >= 4 is 68.2 Å². The molecule has 55 heavy (non-hydrogen) atoms. The van der Waals surface area contributed by atoms with Gasteiger partial charge in [0.25, 0.3) is 0 Å². The lowest BCUT2D eigenvalue weighted by molar-refractivity contribution is 0.668. The highest BCUT2D eigenvalue weighted by molar-refractivity contribution is 6.07. The maximum absolute atomic E-state index is 6.10. The van der Waals surface area contributed by atoms with Gasteiger partial charge in [0.15, 0.2) is 0 Å². The van der Waals surface area contributed by atoms with Crippen molar-refractivity contribution in [2.45, 2.75) is 5.41 Å². The molecule has 0 radical (unpaired) electrons. The third-order valence-electron chi connectivity index (χ3n) is 11.9. The molecule has 12 rings (SSSR count). The molecular weight excluding hydrogens is 669 g/mol. The first kappa shape index (κ1) is 30.3. The van der Waals surface area contributed by atoms with Crippen LogP contribution in [0.15, 0.2) is 179 Å². The van der Waals surface area contributed by atoms with E-state index in [1.807, 2.05) is 24.3 Å². The van der Waals surface area contributed by atoms with E-state index < -0.39 is 5.41 Å². The van der Waals surface area contributed by atoms with E-state index in [2.05, 4.69) is 170 Å². The van der Waals surface area contributed by atoms with Crippen LogP contribution in [0.5, 0.6) is 0 Å². The van der Waals surface area contributed by atoms with Crippen molar-refractivity contribution in [3.05, 3.63) is 214 Å². The predicted octanol–water partition coefficient (Wildman–Crippen LogP) is 14.2. The molecule has 8 aromatic carbocycles. The summed E-state index contributed by atoms with van der Waals surface area (Å²) < 4.78 is 12.2. The van der Waals surface area contributed by atoms with Gasteiger partial charge in [0.05, 0.1) is 5.41 Å². The molecule has 0 bridgehead atoms. The van der Waals surface area contributed by atoms with Crippen LogP contribution in [-0.2, 0) is 5.41 Å². The van der Waals surface area contributed by atoms with Crippen LogP contribution >= 0.6 is 0 Å². The van der Waals surface area contributed by atoms with Crippen LogP contribution < -0.4 is 0 Å². The zero-order valence-corrected chi connectivity index (χ0v) is 29.8. The van der Waals surface area contributed by atoms with Crippen molar-refractivity contribution in [3.63, 3.8) is 0 Å². The van der Waals surface area contributed by atoms with Crippen molar-refractivity contribution < 1.29 is 8.83 Å². The number of furan rings is 2. The minimum absolute atomic E-state index is 0.436. The van der Waals surface area contributed by atoms with Crippen molar-refractivity contribution in [2.24, 2.45) is 0 Å². The quantitative estimate of drug-likeness (QED) is 0.171. The lowest BCUT2D eigenvalue weighted by atomic mass is 9.70. The number of rotatable bonds is 4. The average Bonchev–Trinajstić information content (AvgIpc) is 3.97. The Morgan fingerprint density at radius 3 is 1.15 bits per heavy atom. The van der Waals surface area contributed by atoms with E-state index >= 15 is 0 Å². The van der Waals surface area contributed by atoms with E-state index in [1.165, 1.54) is 55.6 Å². The lowest BCUT2D eigenvalue weighted by Gasteiger charge is -2.30. The third-order valence-corrected chi connectivity index (χ3v) is 11.9. The molecule has 2 nitrogen and oxygen atoms in total. The van der Waals surface area contributed by atoms with Crippen LogP contribution in [0.3, 0.4) is 0 Å². The van der Waals surface area contributed by atoms with Crippen LogP contribution in [0.4, 0.5) is 0 Å². The van der Waals surface area contributed by atoms with Gasteiger partial charge in [0, 0.05) is 21.5 Å². The molecule has 2 aliphatic carbocycles. The molecule has 1 spiro atoms. The Morgan fingerprint density at radius 2 is 0.655 bits per heavy atom. The summed E-state index contributed by atoms with van der Waals surface area (Å²) in [6, 6.07) is 61.5. The summed E-state index contributed by atoms with van der Waals surface area (Å²) in [6.45, 7) is 0. The highest BCUT2D eigenvalue weighted by Crippen LogP contribution is 2.63. The first-order chi connectivity index (χ1) is 27.2. The SMILES string of the molecule is C(=C\c1ccc2oc3ccccc3c2c1)/c1ccc2c(c1)C1(c3ccccc3-c3ccccc31)c1cc(/C=C/c3ccc4oc5ccccc5c4c3)ccc1-2. The number of benzene rings is 8. The summed E-state index contributed by atoms with van der Waals surface area (Å²) in [5.41, 5.74) is 18.4. The van der Waals surface area contributed by atoms with E-state index in [1.54, 1.807) is 0 Å². The fraction of sp³-hybridized carbons (Fsp3) is 0.0189. The Hall–Kier alpha value is -7.16. The van der Waals surface area contributed by atoms with E-state index in [9.17, 15) is 0 Å². The Labute approximate surface area is 317 Å². The first-order valence-electron chi connectivity index (χ1n) is 18.9. The maximum atomic E-state index is 6.10. The molecule has 10 aromatic rings. The van der Waals surface area contributed by atoms with Gasteiger partial charge in [-0.2, -0.15) is 0 Å². The third kappa shape index (κ3) is 4.37. The Balaban J connectivity index is 0.992. The van der Waals surface area contributed by atoms with Crippen LogP contribution in [0.25, 0.3) is 90.4 Å². The van der Waals surface area contributed by atoms with Crippen LogP contribution in [-0.4, -0.2) is 0 Å². The fourth-order valence-electron chi connectivity index (χ4n) is 9.46. The van der Waals surface area contributed by atoms with E-state index in [4.69, 9.17) is 8.83 Å². The van der Waals surface area contributed by atoms with Gasteiger partial charge in [0.2, 0.25) is 0 Å². The molecule has 2 aliphatic rings. The van der Waals surface area contributed by atoms with Crippen molar-refractivity contribution in [1.29, 1.82) is 0 Å². The van der Waals surface area contributed by atoms with Crippen LogP contribution in [0.1, 0.15) is 44.5 Å². The summed E-state index contributed by atoms with van der Waals surface area (Å²) in [5, 5.41) is 4.57. The molecule has 0 fully saturated rings. The Bertz CT molecular complexity index is 3050. The second-order valence-electron chi connectivity index (χ2n) is 14.8. The molecule has 0 atom stereocenters. The van der Waals surface area contributed by atoms with Crippen molar-refractivity contribution in [3.8, 4) is 22.3 Å². The zero-order chi connectivity index (χ0) is 36.1. The summed E-state index contributed by atoms with van der Waals surface area (Å²) in [5.74, 6) is 0. The molecule has 0 unspecified atom stereocenters. The largest absolute Gasteiger partial charge is 0.456 e. The molecule has 2 heterocycles. The number of para-hydroxylation sites is 2. The van der Waals surface area contributed by atoms with Crippen LogP contribution in [0.2, 0.25) is 0 Å². The van der Waals surface area contributed by atoms with Gasteiger partial charge < -0.3 is 8.83 Å². The monoisotopic (exact) mass is 700 g/mol. The Morgan fingerprint density at radius 1 is 0.291 bits per heavy atom. The summed E-state index contributed by atoms with van der Waals surface area (Å²) >= 11 is 0. The van der Waals surface area contributed by atoms with Crippen molar-refractivity contribution in [2.75, 3.05) is 0 Å². The summed E-state index contributed by atoms with van der Waals surface area (Å²) in [4.78, 5) is 0. The predicted molar refractivity (Wildman–Crippen MR) is 228 cm³/mol. The lowest BCUT2D eigenvalue weighted by Crippen LogP contribution is -2.26. The van der Waals surface area contributed by atoms with E-state index in [0.29, 0.717) is 0 Å². The van der Waals surface area contributed by atoms with Gasteiger partial charge in [-0.25, -0.2) is 0 Å². The smallest absolute Gasteiger partial charge is 0.135 e. The molecule has 0 saturated carbocycles. The normalized spacial score (nSPS) is 13.8. The minimum atomic E-state index is -0.436. The molecule has 0 saturated heterocycles. The highest BCUT2D eigenvalue weighted by atomic mass is 16.3. The number of fused-ring (bicyclic) bond motifs is 16. The summed E-state index contributed by atoms with van der Waals surface area (Å²) in [7, 11) is 0. The van der Waals surface area contributed by atoms with Gasteiger partial charge in [0.1, 0.15) is 22.3 Å². The van der Waals surface area contributed by atoms with Gasteiger partial charge in [-0.05, 0) is 115 Å². The number of hydrogen-bond acceptors (Lipinski definition) is 2. The van der Waals surface area contributed by atoms with E-state index in [0.717, 1.165) is 55.0 Å². The van der Waals surface area contributed by atoms with Gasteiger partial charge in [-0.3, -0.25) is 0 Å². The Kier molecular flexibility index (Phi) is 6.29. The van der Waals surface area contributed by atoms with Crippen LogP contribution in [0, 0.1) is 0 Å². The average molecular weight is 701 g/mol. The first-order valence-corrected chi connectivity index (χ1v) is 18.9. The number of hydrogen-bond donors (Lipinski definition) is 0. The fourth-order valence-corrected chi connectivity index (χ4v) is 9.46. The molecule has 2 aromatic heterocycles. The minimum Gasteiger partial charge on any atom is -0.456 e. The summed E-state index contributed by atoms with van der Waals surface area (Å²) in [6.07, 6.45) is 8.95. The second kappa shape index (κ2) is 11.4. The molecule has 256 valence electrons. The molecule has 0 amide bonds. The molecule has 0 aliphatic heterocycles. The highest BCUT2D eigenvalue weighted by Gasteiger charge is 2.51. The van der Waals surface area contributed by atoms with Gasteiger partial charge in [-0.1, -0.05) is 146 Å². The van der Waals surface area contributed by atoms with Gasteiger partial charge in [-0.15, -0.1) is 0 Å². The molecule has 0 N–H and O–H groups in total. The topological polar surface area (TPSA) is 26.3 Å². The maximum Gasteiger partial charge on any atom is 0.135 e. The molecular formula is C53H32O2.